The standard InChI is InChI=1S/C15H27N3/c1-4-12-6-7-13(10-12)15(16-5-2)11-14-8-9-18(3)17-14/h8-9,12-13,15-16H,4-7,10-11H2,1-3H3. The van der Waals surface area contributed by atoms with Crippen LogP contribution in [0.4, 0.5) is 0 Å². The molecule has 1 N–H and O–H groups in total. The molecule has 102 valence electrons. The molecule has 1 aromatic heterocycles. The van der Waals surface area contributed by atoms with Gasteiger partial charge in [-0.15, -0.1) is 0 Å². The summed E-state index contributed by atoms with van der Waals surface area (Å²) >= 11 is 0. The van der Waals surface area contributed by atoms with Crippen molar-refractivity contribution in [1.82, 2.24) is 15.1 Å². The predicted molar refractivity (Wildman–Crippen MR) is 75.5 cm³/mol. The number of nitrogens with zero attached hydrogens (tertiary/aromatic N) is 2. The zero-order valence-electron chi connectivity index (χ0n) is 12.0. The summed E-state index contributed by atoms with van der Waals surface area (Å²) in [6, 6.07) is 2.76. The minimum Gasteiger partial charge on any atom is -0.314 e. The van der Waals surface area contributed by atoms with Gasteiger partial charge in [-0.05, 0) is 37.3 Å². The normalized spacial score (nSPS) is 25.5. The van der Waals surface area contributed by atoms with E-state index in [1.165, 1.54) is 31.4 Å². The minimum atomic E-state index is 0.612. The summed E-state index contributed by atoms with van der Waals surface area (Å²) in [5, 5.41) is 8.20. The fourth-order valence-corrected chi connectivity index (χ4v) is 3.31. The zero-order valence-corrected chi connectivity index (χ0v) is 12.0. The summed E-state index contributed by atoms with van der Waals surface area (Å²) in [6.07, 6.45) is 8.69. The van der Waals surface area contributed by atoms with Crippen LogP contribution in [0.1, 0.15) is 45.2 Å². The number of aromatic nitrogens is 2. The molecule has 3 heteroatoms. The molecule has 3 unspecified atom stereocenters. The van der Waals surface area contributed by atoms with Crippen molar-refractivity contribution in [2.45, 2.75) is 52.0 Å². The lowest BCUT2D eigenvalue weighted by Gasteiger charge is -2.24. The first-order chi connectivity index (χ1) is 8.72. The fraction of sp³-hybridized carbons (Fsp3) is 0.800. The third-order valence-corrected chi connectivity index (χ3v) is 4.39. The first kappa shape index (κ1) is 13.6. The fourth-order valence-electron chi connectivity index (χ4n) is 3.31. The first-order valence-corrected chi connectivity index (χ1v) is 7.44. The van der Waals surface area contributed by atoms with Gasteiger partial charge in [0.25, 0.3) is 0 Å². The van der Waals surface area contributed by atoms with Crippen LogP contribution in [-0.4, -0.2) is 22.4 Å². The summed E-state index contributed by atoms with van der Waals surface area (Å²) < 4.78 is 1.90. The number of aryl methyl sites for hydroxylation is 1. The molecular weight excluding hydrogens is 222 g/mol. The molecule has 0 amide bonds. The lowest BCUT2D eigenvalue weighted by molar-refractivity contribution is 0.346. The second-order valence-electron chi connectivity index (χ2n) is 5.70. The molecule has 0 aromatic carbocycles. The molecule has 0 saturated heterocycles. The van der Waals surface area contributed by atoms with Gasteiger partial charge < -0.3 is 5.32 Å². The number of rotatable bonds is 6. The highest BCUT2D eigenvalue weighted by atomic mass is 15.2. The van der Waals surface area contributed by atoms with Gasteiger partial charge in [0.05, 0.1) is 5.69 Å². The largest absolute Gasteiger partial charge is 0.314 e. The van der Waals surface area contributed by atoms with Gasteiger partial charge in [0.2, 0.25) is 0 Å². The van der Waals surface area contributed by atoms with E-state index in [1.807, 2.05) is 17.9 Å². The second kappa shape index (κ2) is 6.37. The number of hydrogen-bond acceptors (Lipinski definition) is 2. The molecule has 1 aliphatic carbocycles. The molecule has 3 atom stereocenters. The molecule has 1 saturated carbocycles. The molecule has 0 aliphatic heterocycles. The SMILES string of the molecule is CCNC(Cc1ccn(C)n1)C1CCC(CC)C1. The van der Waals surface area contributed by atoms with E-state index in [0.29, 0.717) is 6.04 Å². The van der Waals surface area contributed by atoms with Crippen LogP contribution < -0.4 is 5.32 Å². The van der Waals surface area contributed by atoms with Crippen LogP contribution in [0.5, 0.6) is 0 Å². The van der Waals surface area contributed by atoms with Gasteiger partial charge in [-0.3, -0.25) is 4.68 Å². The highest BCUT2D eigenvalue weighted by Crippen LogP contribution is 2.35. The minimum absolute atomic E-state index is 0.612. The lowest BCUT2D eigenvalue weighted by Crippen LogP contribution is -2.37. The van der Waals surface area contributed by atoms with Crippen LogP contribution in [-0.2, 0) is 13.5 Å². The molecule has 1 aliphatic rings. The van der Waals surface area contributed by atoms with E-state index in [9.17, 15) is 0 Å². The average molecular weight is 249 g/mol. The quantitative estimate of drug-likeness (QED) is 0.840. The van der Waals surface area contributed by atoms with Gasteiger partial charge in [0.15, 0.2) is 0 Å². The summed E-state index contributed by atoms with van der Waals surface area (Å²) in [5.41, 5.74) is 1.23. The Hall–Kier alpha value is -0.830. The monoisotopic (exact) mass is 249 g/mol. The highest BCUT2D eigenvalue weighted by molar-refractivity contribution is 5.03. The van der Waals surface area contributed by atoms with Crippen LogP contribution >= 0.6 is 0 Å². The van der Waals surface area contributed by atoms with E-state index in [0.717, 1.165) is 24.8 Å². The lowest BCUT2D eigenvalue weighted by atomic mass is 9.92. The maximum absolute atomic E-state index is 4.52. The molecule has 1 fully saturated rings. The summed E-state index contributed by atoms with van der Waals surface area (Å²) in [5.74, 6) is 1.80. The van der Waals surface area contributed by atoms with Crippen molar-refractivity contribution in [3.8, 4) is 0 Å². The van der Waals surface area contributed by atoms with Crippen LogP contribution in [0.2, 0.25) is 0 Å². The van der Waals surface area contributed by atoms with Crippen molar-refractivity contribution in [3.63, 3.8) is 0 Å². The van der Waals surface area contributed by atoms with Gasteiger partial charge in [-0.25, -0.2) is 0 Å². The van der Waals surface area contributed by atoms with E-state index in [-0.39, 0.29) is 0 Å². The summed E-state index contributed by atoms with van der Waals surface area (Å²) in [4.78, 5) is 0. The van der Waals surface area contributed by atoms with Gasteiger partial charge in [0, 0.05) is 25.7 Å². The van der Waals surface area contributed by atoms with E-state index < -0.39 is 0 Å². The van der Waals surface area contributed by atoms with E-state index in [2.05, 4.69) is 30.3 Å². The van der Waals surface area contributed by atoms with Crippen molar-refractivity contribution in [2.24, 2.45) is 18.9 Å². The van der Waals surface area contributed by atoms with E-state index in [4.69, 9.17) is 0 Å². The Kier molecular flexibility index (Phi) is 4.81. The van der Waals surface area contributed by atoms with Crippen molar-refractivity contribution in [2.75, 3.05) is 6.54 Å². The predicted octanol–water partition coefficient (Wildman–Crippen LogP) is 2.77. The zero-order chi connectivity index (χ0) is 13.0. The Morgan fingerprint density at radius 3 is 2.83 bits per heavy atom. The number of nitrogens with one attached hydrogen (secondary N) is 1. The number of hydrogen-bond donors (Lipinski definition) is 1. The molecule has 18 heavy (non-hydrogen) atoms. The van der Waals surface area contributed by atoms with Crippen molar-refractivity contribution in [1.29, 1.82) is 0 Å². The van der Waals surface area contributed by atoms with Crippen LogP contribution in [0, 0.1) is 11.8 Å². The van der Waals surface area contributed by atoms with Gasteiger partial charge in [-0.1, -0.05) is 26.7 Å². The van der Waals surface area contributed by atoms with E-state index in [1.54, 1.807) is 0 Å². The molecule has 3 nitrogen and oxygen atoms in total. The highest BCUT2D eigenvalue weighted by Gasteiger charge is 2.29. The van der Waals surface area contributed by atoms with Crippen molar-refractivity contribution >= 4 is 0 Å². The maximum atomic E-state index is 4.52. The topological polar surface area (TPSA) is 29.9 Å². The Morgan fingerprint density at radius 1 is 1.44 bits per heavy atom. The Labute approximate surface area is 111 Å². The Bertz CT molecular complexity index is 358. The second-order valence-corrected chi connectivity index (χ2v) is 5.70. The molecular formula is C15H27N3. The first-order valence-electron chi connectivity index (χ1n) is 7.44. The number of likely N-dealkylation sites (N-methyl/N-ethyl adjacent to an activating group) is 1. The third-order valence-electron chi connectivity index (χ3n) is 4.39. The van der Waals surface area contributed by atoms with Gasteiger partial charge in [-0.2, -0.15) is 5.10 Å². The molecule has 1 aromatic rings. The van der Waals surface area contributed by atoms with Crippen LogP contribution in [0.15, 0.2) is 12.3 Å². The van der Waals surface area contributed by atoms with E-state index >= 15 is 0 Å². The van der Waals surface area contributed by atoms with Crippen molar-refractivity contribution < 1.29 is 0 Å². The molecule has 1 heterocycles. The Balaban J connectivity index is 1.95. The molecule has 2 rings (SSSR count). The van der Waals surface area contributed by atoms with Gasteiger partial charge in [0.1, 0.15) is 0 Å². The molecule has 0 radical (unpaired) electrons. The summed E-state index contributed by atoms with van der Waals surface area (Å²) in [6.45, 7) is 5.59. The van der Waals surface area contributed by atoms with Gasteiger partial charge >= 0.3 is 0 Å². The Morgan fingerprint density at radius 2 is 2.28 bits per heavy atom. The average Bonchev–Trinajstić information content (AvgIpc) is 2.97. The van der Waals surface area contributed by atoms with Crippen LogP contribution in [0.3, 0.4) is 0 Å². The maximum Gasteiger partial charge on any atom is 0.0640 e. The molecule has 0 bridgehead atoms. The summed E-state index contributed by atoms with van der Waals surface area (Å²) in [7, 11) is 1.99. The molecule has 0 spiro atoms. The third kappa shape index (κ3) is 3.35. The van der Waals surface area contributed by atoms with Crippen molar-refractivity contribution in [3.05, 3.63) is 18.0 Å². The van der Waals surface area contributed by atoms with Crippen LogP contribution in [0.25, 0.3) is 0 Å². The smallest absolute Gasteiger partial charge is 0.0640 e.